The standard InChI is InChI=1S/C23H28BrN3O6/c1-5-9-33-22-17(24)10-15(11-20(22)32-6-2)13-26-27-21(28)14-25-23(29)16-7-8-18(30-3)19(12-16)31-4/h7-8,10-13H,5-6,9,14H2,1-4H3,(H,25,29)(H,27,28). The summed E-state index contributed by atoms with van der Waals surface area (Å²) < 4.78 is 22.4. The number of hydrogen-bond acceptors (Lipinski definition) is 7. The Kier molecular flexibility index (Phi) is 10.5. The number of methoxy groups -OCH3 is 2. The van der Waals surface area contributed by atoms with Crippen LogP contribution in [0.2, 0.25) is 0 Å². The molecular formula is C23H28BrN3O6. The van der Waals surface area contributed by atoms with Crippen molar-refractivity contribution in [2.24, 2.45) is 5.10 Å². The van der Waals surface area contributed by atoms with Crippen LogP contribution in [0.3, 0.4) is 0 Å². The van der Waals surface area contributed by atoms with E-state index in [-0.39, 0.29) is 6.54 Å². The van der Waals surface area contributed by atoms with Crippen LogP contribution < -0.4 is 29.7 Å². The van der Waals surface area contributed by atoms with Crippen LogP contribution >= 0.6 is 15.9 Å². The smallest absolute Gasteiger partial charge is 0.259 e. The van der Waals surface area contributed by atoms with Gasteiger partial charge in [-0.15, -0.1) is 0 Å². The first kappa shape index (κ1) is 26.0. The summed E-state index contributed by atoms with van der Waals surface area (Å²) in [4.78, 5) is 24.4. The van der Waals surface area contributed by atoms with Crippen molar-refractivity contribution in [1.29, 1.82) is 0 Å². The largest absolute Gasteiger partial charge is 0.493 e. The SMILES string of the molecule is CCCOc1c(Br)cc(C=NNC(=O)CNC(=O)c2ccc(OC)c(OC)c2)cc1OCC. The zero-order valence-electron chi connectivity index (χ0n) is 19.1. The normalized spacial score (nSPS) is 10.6. The number of carbonyl (C=O) groups excluding carboxylic acids is 2. The van der Waals surface area contributed by atoms with Crippen molar-refractivity contribution < 1.29 is 28.5 Å². The molecule has 2 aromatic carbocycles. The van der Waals surface area contributed by atoms with Gasteiger partial charge < -0.3 is 24.3 Å². The Morgan fingerprint density at radius 2 is 1.79 bits per heavy atom. The van der Waals surface area contributed by atoms with Gasteiger partial charge in [-0.05, 0) is 65.2 Å². The highest BCUT2D eigenvalue weighted by Crippen LogP contribution is 2.36. The molecule has 10 heteroatoms. The molecule has 0 spiro atoms. The molecule has 2 amide bonds. The van der Waals surface area contributed by atoms with Gasteiger partial charge in [0.05, 0.1) is 44.7 Å². The third-order valence-electron chi connectivity index (χ3n) is 4.24. The molecule has 0 heterocycles. The van der Waals surface area contributed by atoms with E-state index >= 15 is 0 Å². The lowest BCUT2D eigenvalue weighted by Crippen LogP contribution is -2.34. The second-order valence-electron chi connectivity index (χ2n) is 6.66. The second kappa shape index (κ2) is 13.3. The highest BCUT2D eigenvalue weighted by molar-refractivity contribution is 9.10. The van der Waals surface area contributed by atoms with Crippen LogP contribution in [0, 0.1) is 0 Å². The number of hydrazone groups is 1. The van der Waals surface area contributed by atoms with E-state index in [1.54, 1.807) is 18.2 Å². The van der Waals surface area contributed by atoms with Crippen molar-refractivity contribution in [2.75, 3.05) is 34.0 Å². The van der Waals surface area contributed by atoms with Crippen molar-refractivity contribution >= 4 is 34.0 Å². The molecule has 0 unspecified atom stereocenters. The number of nitrogens with one attached hydrogen (secondary N) is 2. The second-order valence-corrected chi connectivity index (χ2v) is 7.51. The molecular weight excluding hydrogens is 494 g/mol. The molecule has 0 saturated heterocycles. The van der Waals surface area contributed by atoms with Crippen molar-refractivity contribution in [2.45, 2.75) is 20.3 Å². The van der Waals surface area contributed by atoms with Gasteiger partial charge in [0.1, 0.15) is 0 Å². The fourth-order valence-corrected chi connectivity index (χ4v) is 3.30. The van der Waals surface area contributed by atoms with Crippen molar-refractivity contribution in [3.05, 3.63) is 45.9 Å². The number of benzene rings is 2. The zero-order valence-corrected chi connectivity index (χ0v) is 20.7. The quantitative estimate of drug-likeness (QED) is 0.326. The molecule has 0 aliphatic rings. The zero-order chi connectivity index (χ0) is 24.2. The molecule has 0 aromatic heterocycles. The number of amides is 2. The van der Waals surface area contributed by atoms with Crippen LogP contribution in [0.15, 0.2) is 39.9 Å². The van der Waals surface area contributed by atoms with Crippen molar-refractivity contribution in [1.82, 2.24) is 10.7 Å². The van der Waals surface area contributed by atoms with Crippen molar-refractivity contribution in [3.63, 3.8) is 0 Å². The monoisotopic (exact) mass is 521 g/mol. The lowest BCUT2D eigenvalue weighted by Gasteiger charge is -2.14. The fourth-order valence-electron chi connectivity index (χ4n) is 2.73. The number of carbonyl (C=O) groups is 2. The van der Waals surface area contributed by atoms with Gasteiger partial charge in [-0.2, -0.15) is 5.10 Å². The summed E-state index contributed by atoms with van der Waals surface area (Å²) in [6, 6.07) is 8.31. The number of rotatable bonds is 12. The minimum atomic E-state index is -0.480. The summed E-state index contributed by atoms with van der Waals surface area (Å²) in [6.07, 6.45) is 2.35. The number of hydrogen-bond donors (Lipinski definition) is 2. The van der Waals surface area contributed by atoms with E-state index in [1.807, 2.05) is 19.9 Å². The highest BCUT2D eigenvalue weighted by Gasteiger charge is 2.13. The maximum Gasteiger partial charge on any atom is 0.259 e. The van der Waals surface area contributed by atoms with Crippen LogP contribution in [-0.2, 0) is 4.79 Å². The molecule has 0 atom stereocenters. The van der Waals surface area contributed by atoms with Gasteiger partial charge in [-0.1, -0.05) is 6.92 Å². The molecule has 33 heavy (non-hydrogen) atoms. The molecule has 0 aliphatic carbocycles. The Bertz CT molecular complexity index is 996. The summed E-state index contributed by atoms with van der Waals surface area (Å²) in [5.41, 5.74) is 3.42. The Hall–Kier alpha value is -3.27. The molecule has 2 rings (SSSR count). The summed E-state index contributed by atoms with van der Waals surface area (Å²) in [5.74, 6) is 1.22. The van der Waals surface area contributed by atoms with Gasteiger partial charge in [0.25, 0.3) is 11.8 Å². The Morgan fingerprint density at radius 3 is 2.45 bits per heavy atom. The number of nitrogens with zero attached hydrogens (tertiary/aromatic N) is 1. The van der Waals surface area contributed by atoms with Gasteiger partial charge in [-0.25, -0.2) is 5.43 Å². The predicted molar refractivity (Wildman–Crippen MR) is 129 cm³/mol. The number of ether oxygens (including phenoxy) is 4. The molecule has 0 saturated carbocycles. The molecule has 9 nitrogen and oxygen atoms in total. The minimum absolute atomic E-state index is 0.248. The average molecular weight is 522 g/mol. The Balaban J connectivity index is 1.95. The summed E-state index contributed by atoms with van der Waals surface area (Å²) >= 11 is 3.48. The molecule has 2 N–H and O–H groups in total. The molecule has 0 bridgehead atoms. The van der Waals surface area contributed by atoms with E-state index < -0.39 is 11.8 Å². The highest BCUT2D eigenvalue weighted by atomic mass is 79.9. The maximum atomic E-state index is 12.3. The van der Waals surface area contributed by atoms with E-state index in [9.17, 15) is 9.59 Å². The Morgan fingerprint density at radius 1 is 1.03 bits per heavy atom. The van der Waals surface area contributed by atoms with E-state index in [1.165, 1.54) is 26.5 Å². The predicted octanol–water partition coefficient (Wildman–Crippen LogP) is 3.53. The first-order valence-corrected chi connectivity index (χ1v) is 11.1. The lowest BCUT2D eigenvalue weighted by atomic mass is 10.2. The van der Waals surface area contributed by atoms with E-state index in [0.717, 1.165) is 10.9 Å². The van der Waals surface area contributed by atoms with Crippen LogP contribution in [0.25, 0.3) is 0 Å². The maximum absolute atomic E-state index is 12.3. The molecule has 0 aliphatic heterocycles. The first-order chi connectivity index (χ1) is 15.9. The minimum Gasteiger partial charge on any atom is -0.493 e. The lowest BCUT2D eigenvalue weighted by molar-refractivity contribution is -0.120. The van der Waals surface area contributed by atoms with Gasteiger partial charge in [0.2, 0.25) is 0 Å². The third kappa shape index (κ3) is 7.67. The summed E-state index contributed by atoms with van der Waals surface area (Å²) in [7, 11) is 2.99. The summed E-state index contributed by atoms with van der Waals surface area (Å²) in [5, 5.41) is 6.48. The average Bonchev–Trinajstić information content (AvgIpc) is 2.81. The van der Waals surface area contributed by atoms with E-state index in [4.69, 9.17) is 18.9 Å². The van der Waals surface area contributed by atoms with Crippen LogP contribution in [0.1, 0.15) is 36.2 Å². The number of halogens is 1. The van der Waals surface area contributed by atoms with Gasteiger partial charge in [0, 0.05) is 5.56 Å². The van der Waals surface area contributed by atoms with Crippen LogP contribution in [-0.4, -0.2) is 52.0 Å². The van der Waals surface area contributed by atoms with E-state index in [2.05, 4.69) is 31.8 Å². The summed E-state index contributed by atoms with van der Waals surface area (Å²) in [6.45, 7) is 4.70. The molecule has 0 fully saturated rings. The first-order valence-electron chi connectivity index (χ1n) is 10.3. The van der Waals surface area contributed by atoms with Gasteiger partial charge >= 0.3 is 0 Å². The van der Waals surface area contributed by atoms with Gasteiger partial charge in [-0.3, -0.25) is 9.59 Å². The van der Waals surface area contributed by atoms with Crippen molar-refractivity contribution in [3.8, 4) is 23.0 Å². The Labute approximate surface area is 201 Å². The molecule has 178 valence electrons. The van der Waals surface area contributed by atoms with Crippen LogP contribution in [0.5, 0.6) is 23.0 Å². The molecule has 2 aromatic rings. The van der Waals surface area contributed by atoms with Gasteiger partial charge in [0.15, 0.2) is 23.0 Å². The topological polar surface area (TPSA) is 107 Å². The fraction of sp³-hybridized carbons (Fsp3) is 0.348. The van der Waals surface area contributed by atoms with E-state index in [0.29, 0.717) is 47.3 Å². The molecule has 0 radical (unpaired) electrons. The third-order valence-corrected chi connectivity index (χ3v) is 4.83. The van der Waals surface area contributed by atoms with Crippen LogP contribution in [0.4, 0.5) is 0 Å².